The zero-order valence-corrected chi connectivity index (χ0v) is 9.56. The maximum Gasteiger partial charge on any atom is 0.104 e. The van der Waals surface area contributed by atoms with Crippen molar-refractivity contribution in [2.45, 2.75) is 25.2 Å². The highest BCUT2D eigenvalue weighted by molar-refractivity contribution is 5.26. The largest absolute Gasteiger partial charge is 0.303 e. The quantitative estimate of drug-likeness (QED) is 0.749. The highest BCUT2D eigenvalue weighted by Crippen LogP contribution is 2.33. The predicted molar refractivity (Wildman–Crippen MR) is 60.7 cm³/mol. The molecule has 2 heterocycles. The predicted octanol–water partition coefficient (Wildman–Crippen LogP) is 1.35. The summed E-state index contributed by atoms with van der Waals surface area (Å²) in [5.41, 5.74) is 0.410. The Bertz CT molecular complexity index is 374. The molecule has 0 amide bonds. The van der Waals surface area contributed by atoms with Gasteiger partial charge in [-0.1, -0.05) is 6.92 Å². The van der Waals surface area contributed by atoms with Crippen LogP contribution in [0.2, 0.25) is 0 Å². The molecule has 0 spiro atoms. The molecule has 1 aliphatic heterocycles. The Labute approximate surface area is 95.9 Å². The summed E-state index contributed by atoms with van der Waals surface area (Å²) in [6, 6.07) is 6.22. The molecular weight excluding hydrogens is 200 g/mol. The molecule has 1 aliphatic rings. The first kappa shape index (κ1) is 11.0. The van der Waals surface area contributed by atoms with E-state index in [4.69, 9.17) is 0 Å². The SMILES string of the molecule is CCN1CCC(C#N)(c2cccnn2)CC1. The molecule has 0 saturated carbocycles. The smallest absolute Gasteiger partial charge is 0.104 e. The van der Waals surface area contributed by atoms with Gasteiger partial charge in [-0.15, -0.1) is 0 Å². The van der Waals surface area contributed by atoms with Gasteiger partial charge >= 0.3 is 0 Å². The van der Waals surface area contributed by atoms with E-state index in [-0.39, 0.29) is 0 Å². The Morgan fingerprint density at radius 3 is 2.75 bits per heavy atom. The second-order valence-corrected chi connectivity index (χ2v) is 4.24. The normalized spacial score (nSPS) is 20.2. The second-order valence-electron chi connectivity index (χ2n) is 4.24. The summed E-state index contributed by atoms with van der Waals surface area (Å²) < 4.78 is 0. The Morgan fingerprint density at radius 1 is 1.50 bits per heavy atom. The number of aromatic nitrogens is 2. The first-order valence-corrected chi connectivity index (χ1v) is 5.72. The first-order chi connectivity index (χ1) is 7.80. The second kappa shape index (κ2) is 4.58. The van der Waals surface area contributed by atoms with E-state index in [0.29, 0.717) is 0 Å². The third kappa shape index (κ3) is 1.91. The van der Waals surface area contributed by atoms with E-state index in [9.17, 15) is 5.26 Å². The summed E-state index contributed by atoms with van der Waals surface area (Å²) in [7, 11) is 0. The molecular formula is C12H16N4. The Hall–Kier alpha value is -1.47. The van der Waals surface area contributed by atoms with E-state index in [0.717, 1.165) is 38.2 Å². The fraction of sp³-hybridized carbons (Fsp3) is 0.583. The summed E-state index contributed by atoms with van der Waals surface area (Å²) in [6.45, 7) is 5.16. The summed E-state index contributed by atoms with van der Waals surface area (Å²) in [4.78, 5) is 2.37. The van der Waals surface area contributed by atoms with Crippen LogP contribution in [0.3, 0.4) is 0 Å². The van der Waals surface area contributed by atoms with Gasteiger partial charge < -0.3 is 4.90 Å². The summed E-state index contributed by atoms with van der Waals surface area (Å²) >= 11 is 0. The van der Waals surface area contributed by atoms with E-state index in [2.05, 4.69) is 28.1 Å². The maximum absolute atomic E-state index is 9.42. The molecule has 0 N–H and O–H groups in total. The van der Waals surface area contributed by atoms with Gasteiger partial charge in [0.2, 0.25) is 0 Å². The number of rotatable bonds is 2. The maximum atomic E-state index is 9.42. The lowest BCUT2D eigenvalue weighted by Crippen LogP contribution is -2.42. The van der Waals surface area contributed by atoms with E-state index in [1.165, 1.54) is 0 Å². The van der Waals surface area contributed by atoms with E-state index in [1.54, 1.807) is 6.20 Å². The van der Waals surface area contributed by atoms with Crippen molar-refractivity contribution in [3.63, 3.8) is 0 Å². The highest BCUT2D eigenvalue weighted by atomic mass is 15.1. The lowest BCUT2D eigenvalue weighted by molar-refractivity contribution is 0.191. The van der Waals surface area contributed by atoms with E-state index in [1.807, 2.05) is 12.1 Å². The van der Waals surface area contributed by atoms with Crippen LogP contribution in [-0.4, -0.2) is 34.7 Å². The highest BCUT2D eigenvalue weighted by Gasteiger charge is 2.37. The van der Waals surface area contributed by atoms with Crippen molar-refractivity contribution >= 4 is 0 Å². The lowest BCUT2D eigenvalue weighted by atomic mass is 9.77. The molecule has 4 nitrogen and oxygen atoms in total. The van der Waals surface area contributed by atoms with Crippen molar-refractivity contribution in [3.8, 4) is 6.07 Å². The van der Waals surface area contributed by atoms with Crippen molar-refractivity contribution in [2.75, 3.05) is 19.6 Å². The molecule has 2 rings (SSSR count). The molecule has 1 saturated heterocycles. The molecule has 0 unspecified atom stereocenters. The van der Waals surface area contributed by atoms with Crippen molar-refractivity contribution in [1.29, 1.82) is 5.26 Å². The van der Waals surface area contributed by atoms with Crippen LogP contribution >= 0.6 is 0 Å². The molecule has 1 fully saturated rings. The molecule has 4 heteroatoms. The minimum absolute atomic E-state index is 0.417. The topological polar surface area (TPSA) is 52.8 Å². The Balaban J connectivity index is 2.20. The van der Waals surface area contributed by atoms with Crippen LogP contribution in [0.5, 0.6) is 0 Å². The third-order valence-corrected chi connectivity index (χ3v) is 3.43. The molecule has 0 bridgehead atoms. The van der Waals surface area contributed by atoms with Gasteiger partial charge in [-0.2, -0.15) is 15.5 Å². The van der Waals surface area contributed by atoms with Gasteiger partial charge in [0.25, 0.3) is 0 Å². The van der Waals surface area contributed by atoms with Crippen molar-refractivity contribution in [3.05, 3.63) is 24.0 Å². The van der Waals surface area contributed by atoms with E-state index < -0.39 is 5.41 Å². The molecule has 84 valence electrons. The van der Waals surface area contributed by atoms with E-state index >= 15 is 0 Å². The lowest BCUT2D eigenvalue weighted by Gasteiger charge is -2.35. The summed E-state index contributed by atoms with van der Waals surface area (Å²) in [5, 5.41) is 17.4. The van der Waals surface area contributed by atoms with Crippen LogP contribution in [0.25, 0.3) is 0 Å². The van der Waals surface area contributed by atoms with Gasteiger partial charge in [0.05, 0.1) is 11.8 Å². The first-order valence-electron chi connectivity index (χ1n) is 5.72. The minimum atomic E-state index is -0.417. The number of hydrogen-bond acceptors (Lipinski definition) is 4. The number of likely N-dealkylation sites (tertiary alicyclic amines) is 1. The van der Waals surface area contributed by atoms with Crippen LogP contribution in [0.15, 0.2) is 18.3 Å². The molecule has 1 aromatic heterocycles. The van der Waals surface area contributed by atoms with Crippen LogP contribution in [-0.2, 0) is 5.41 Å². The van der Waals surface area contributed by atoms with Crippen molar-refractivity contribution in [1.82, 2.24) is 15.1 Å². The molecule has 1 aromatic rings. The van der Waals surface area contributed by atoms with Crippen LogP contribution in [0.4, 0.5) is 0 Å². The number of nitriles is 1. The van der Waals surface area contributed by atoms with Gasteiger partial charge in [-0.05, 0) is 31.5 Å². The molecule has 0 aliphatic carbocycles. The van der Waals surface area contributed by atoms with Crippen LogP contribution < -0.4 is 0 Å². The third-order valence-electron chi connectivity index (χ3n) is 3.43. The van der Waals surface area contributed by atoms with Gasteiger partial charge in [-0.3, -0.25) is 0 Å². The zero-order chi connectivity index (χ0) is 11.4. The fourth-order valence-electron chi connectivity index (χ4n) is 2.23. The number of nitrogens with zero attached hydrogens (tertiary/aromatic N) is 4. The van der Waals surface area contributed by atoms with Gasteiger partial charge in [0, 0.05) is 19.3 Å². The van der Waals surface area contributed by atoms with Gasteiger partial charge in [0.15, 0.2) is 0 Å². The summed E-state index contributed by atoms with van der Waals surface area (Å²) in [5.74, 6) is 0. The number of hydrogen-bond donors (Lipinski definition) is 0. The monoisotopic (exact) mass is 216 g/mol. The molecule has 16 heavy (non-hydrogen) atoms. The van der Waals surface area contributed by atoms with Crippen molar-refractivity contribution in [2.24, 2.45) is 0 Å². The number of piperidine rings is 1. The summed E-state index contributed by atoms with van der Waals surface area (Å²) in [6.07, 6.45) is 3.36. The molecule has 0 radical (unpaired) electrons. The Kier molecular flexibility index (Phi) is 3.16. The average molecular weight is 216 g/mol. The minimum Gasteiger partial charge on any atom is -0.303 e. The van der Waals surface area contributed by atoms with Gasteiger partial charge in [0.1, 0.15) is 5.41 Å². The van der Waals surface area contributed by atoms with Crippen LogP contribution in [0, 0.1) is 11.3 Å². The Morgan fingerprint density at radius 2 is 2.25 bits per heavy atom. The van der Waals surface area contributed by atoms with Crippen molar-refractivity contribution < 1.29 is 0 Å². The fourth-order valence-corrected chi connectivity index (χ4v) is 2.23. The zero-order valence-electron chi connectivity index (χ0n) is 9.56. The van der Waals surface area contributed by atoms with Gasteiger partial charge in [-0.25, -0.2) is 0 Å². The average Bonchev–Trinajstić information content (AvgIpc) is 2.40. The molecule has 0 aromatic carbocycles. The standard InChI is InChI=1S/C12H16N4/c1-2-16-8-5-12(10-13,6-9-16)11-4-3-7-14-15-11/h3-4,7H,2,5-6,8-9H2,1H3. The molecule has 0 atom stereocenters. The van der Waals surface area contributed by atoms with Crippen LogP contribution in [0.1, 0.15) is 25.5 Å².